The topological polar surface area (TPSA) is 25.2 Å². The number of rotatable bonds is 2. The van der Waals surface area contributed by atoms with Gasteiger partial charge in [-0.1, -0.05) is 13.8 Å². The Hall–Kier alpha value is -0.760. The first-order valence-corrected chi connectivity index (χ1v) is 5.98. The van der Waals surface area contributed by atoms with Crippen molar-refractivity contribution >= 4 is 0 Å². The fourth-order valence-corrected chi connectivity index (χ4v) is 2.61. The first-order chi connectivity index (χ1) is 7.17. The van der Waals surface area contributed by atoms with Crippen LogP contribution in [0.15, 0.2) is 16.9 Å². The van der Waals surface area contributed by atoms with Gasteiger partial charge in [-0.05, 0) is 36.7 Å². The van der Waals surface area contributed by atoms with Crippen molar-refractivity contribution in [3.05, 3.63) is 23.7 Å². The lowest BCUT2D eigenvalue weighted by Gasteiger charge is -2.39. The molecule has 0 bridgehead atoms. The highest BCUT2D eigenvalue weighted by Crippen LogP contribution is 2.45. The summed E-state index contributed by atoms with van der Waals surface area (Å²) >= 11 is 0. The van der Waals surface area contributed by atoms with E-state index in [1.807, 2.05) is 12.5 Å². The molecule has 0 spiro atoms. The molecule has 15 heavy (non-hydrogen) atoms. The second-order valence-electron chi connectivity index (χ2n) is 5.71. The Balaban J connectivity index is 1.92. The standard InChI is InChI=1S/C13H19NO/c1-13(2)6-5-9-7-15-8-11(9)12(13)14-10-3-4-10/h7-8,10,12,14H,3-6H2,1-2H3. The first-order valence-electron chi connectivity index (χ1n) is 5.98. The Bertz CT molecular complexity index is 362. The van der Waals surface area contributed by atoms with Crippen LogP contribution in [0.3, 0.4) is 0 Å². The van der Waals surface area contributed by atoms with E-state index in [4.69, 9.17) is 4.42 Å². The maximum absolute atomic E-state index is 5.35. The van der Waals surface area contributed by atoms with Gasteiger partial charge in [-0.3, -0.25) is 0 Å². The summed E-state index contributed by atoms with van der Waals surface area (Å²) in [6.07, 6.45) is 8.98. The summed E-state index contributed by atoms with van der Waals surface area (Å²) in [4.78, 5) is 0. The molecule has 1 unspecified atom stereocenters. The largest absolute Gasteiger partial charge is 0.472 e. The zero-order valence-corrected chi connectivity index (χ0v) is 9.55. The van der Waals surface area contributed by atoms with Gasteiger partial charge in [0.15, 0.2) is 0 Å². The highest BCUT2D eigenvalue weighted by molar-refractivity contribution is 5.30. The highest BCUT2D eigenvalue weighted by atomic mass is 16.3. The molecule has 0 amide bonds. The molecule has 0 aromatic carbocycles. The van der Waals surface area contributed by atoms with Crippen molar-refractivity contribution < 1.29 is 4.42 Å². The molecule has 2 aliphatic carbocycles. The summed E-state index contributed by atoms with van der Waals surface area (Å²) < 4.78 is 5.35. The molecular formula is C13H19NO. The van der Waals surface area contributed by atoms with Crippen molar-refractivity contribution in [2.75, 3.05) is 0 Å². The maximum atomic E-state index is 5.35. The minimum atomic E-state index is 0.361. The van der Waals surface area contributed by atoms with Gasteiger partial charge in [-0.25, -0.2) is 0 Å². The van der Waals surface area contributed by atoms with Gasteiger partial charge in [0.25, 0.3) is 0 Å². The zero-order chi connectivity index (χ0) is 10.5. The van der Waals surface area contributed by atoms with Crippen LogP contribution in [0.25, 0.3) is 0 Å². The number of fused-ring (bicyclic) bond motifs is 1. The van der Waals surface area contributed by atoms with E-state index < -0.39 is 0 Å². The maximum Gasteiger partial charge on any atom is 0.0953 e. The Morgan fingerprint density at radius 1 is 1.33 bits per heavy atom. The predicted octanol–water partition coefficient (Wildman–Crippen LogP) is 3.05. The molecule has 1 saturated carbocycles. The lowest BCUT2D eigenvalue weighted by molar-refractivity contribution is 0.208. The van der Waals surface area contributed by atoms with Crippen LogP contribution in [0.1, 0.15) is 50.3 Å². The molecule has 1 fully saturated rings. The normalized spacial score (nSPS) is 28.8. The summed E-state index contributed by atoms with van der Waals surface area (Å²) in [6, 6.07) is 1.25. The van der Waals surface area contributed by atoms with Gasteiger partial charge in [0.1, 0.15) is 0 Å². The third kappa shape index (κ3) is 1.61. The van der Waals surface area contributed by atoms with Crippen molar-refractivity contribution in [2.24, 2.45) is 5.41 Å². The molecule has 0 saturated heterocycles. The molecular weight excluding hydrogens is 186 g/mol. The van der Waals surface area contributed by atoms with E-state index >= 15 is 0 Å². The molecule has 1 aromatic heterocycles. The fourth-order valence-electron chi connectivity index (χ4n) is 2.61. The van der Waals surface area contributed by atoms with Crippen LogP contribution in [-0.2, 0) is 6.42 Å². The van der Waals surface area contributed by atoms with Gasteiger partial charge in [-0.15, -0.1) is 0 Å². The lowest BCUT2D eigenvalue weighted by atomic mass is 9.71. The van der Waals surface area contributed by atoms with Crippen LogP contribution in [0.5, 0.6) is 0 Å². The van der Waals surface area contributed by atoms with E-state index in [0.717, 1.165) is 6.04 Å². The van der Waals surface area contributed by atoms with E-state index in [9.17, 15) is 0 Å². The summed E-state index contributed by atoms with van der Waals surface area (Å²) in [5, 5.41) is 3.77. The van der Waals surface area contributed by atoms with Crippen molar-refractivity contribution in [3.8, 4) is 0 Å². The van der Waals surface area contributed by atoms with Gasteiger partial charge in [0.2, 0.25) is 0 Å². The van der Waals surface area contributed by atoms with Gasteiger partial charge in [0.05, 0.1) is 12.5 Å². The number of furan rings is 1. The lowest BCUT2D eigenvalue weighted by Crippen LogP contribution is -2.38. The average molecular weight is 205 g/mol. The molecule has 0 radical (unpaired) electrons. The Kier molecular flexibility index (Phi) is 1.96. The van der Waals surface area contributed by atoms with Crippen molar-refractivity contribution in [3.63, 3.8) is 0 Å². The second-order valence-corrected chi connectivity index (χ2v) is 5.71. The smallest absolute Gasteiger partial charge is 0.0953 e. The fraction of sp³-hybridized carbons (Fsp3) is 0.692. The van der Waals surface area contributed by atoms with Crippen LogP contribution >= 0.6 is 0 Å². The molecule has 3 rings (SSSR count). The Labute approximate surface area is 91.0 Å². The van der Waals surface area contributed by atoms with Gasteiger partial charge in [-0.2, -0.15) is 0 Å². The molecule has 1 heterocycles. The van der Waals surface area contributed by atoms with Crippen molar-refractivity contribution in [1.82, 2.24) is 5.32 Å². The van der Waals surface area contributed by atoms with Crippen molar-refractivity contribution in [1.29, 1.82) is 0 Å². The Morgan fingerprint density at radius 3 is 2.87 bits per heavy atom. The van der Waals surface area contributed by atoms with Gasteiger partial charge in [0, 0.05) is 17.6 Å². The minimum absolute atomic E-state index is 0.361. The molecule has 2 aliphatic rings. The van der Waals surface area contributed by atoms with Crippen LogP contribution in [0.2, 0.25) is 0 Å². The Morgan fingerprint density at radius 2 is 2.13 bits per heavy atom. The SMILES string of the molecule is CC1(C)CCc2cocc2C1NC1CC1. The minimum Gasteiger partial charge on any atom is -0.472 e. The van der Waals surface area contributed by atoms with Crippen LogP contribution in [-0.4, -0.2) is 6.04 Å². The van der Waals surface area contributed by atoms with Crippen molar-refractivity contribution in [2.45, 2.75) is 51.6 Å². The van der Waals surface area contributed by atoms with E-state index in [1.165, 1.54) is 36.8 Å². The van der Waals surface area contributed by atoms with E-state index in [2.05, 4.69) is 19.2 Å². The molecule has 1 aromatic rings. The molecule has 0 aliphatic heterocycles. The molecule has 1 atom stereocenters. The molecule has 2 nitrogen and oxygen atoms in total. The molecule has 82 valence electrons. The zero-order valence-electron chi connectivity index (χ0n) is 9.55. The predicted molar refractivity (Wildman–Crippen MR) is 59.7 cm³/mol. The third-order valence-corrected chi connectivity index (χ3v) is 3.89. The van der Waals surface area contributed by atoms with Crippen LogP contribution < -0.4 is 5.32 Å². The van der Waals surface area contributed by atoms with E-state index in [1.54, 1.807) is 0 Å². The molecule has 1 N–H and O–H groups in total. The van der Waals surface area contributed by atoms with Crippen LogP contribution in [0.4, 0.5) is 0 Å². The first kappa shape index (κ1) is 9.46. The summed E-state index contributed by atoms with van der Waals surface area (Å²) in [5.74, 6) is 0. The number of hydrogen-bond donors (Lipinski definition) is 1. The quantitative estimate of drug-likeness (QED) is 0.802. The third-order valence-electron chi connectivity index (χ3n) is 3.89. The van der Waals surface area contributed by atoms with E-state index in [0.29, 0.717) is 11.5 Å². The number of nitrogens with one attached hydrogen (secondary N) is 1. The average Bonchev–Trinajstić information content (AvgIpc) is 2.87. The second kappa shape index (κ2) is 3.11. The highest BCUT2D eigenvalue weighted by Gasteiger charge is 2.39. The monoisotopic (exact) mass is 205 g/mol. The van der Waals surface area contributed by atoms with Gasteiger partial charge < -0.3 is 9.73 Å². The summed E-state index contributed by atoms with van der Waals surface area (Å²) in [6.45, 7) is 4.73. The summed E-state index contributed by atoms with van der Waals surface area (Å²) in [7, 11) is 0. The number of hydrogen-bond acceptors (Lipinski definition) is 2. The number of aryl methyl sites for hydroxylation is 1. The van der Waals surface area contributed by atoms with Crippen LogP contribution in [0, 0.1) is 5.41 Å². The summed E-state index contributed by atoms with van der Waals surface area (Å²) in [5.41, 5.74) is 3.17. The molecule has 2 heteroatoms. The van der Waals surface area contributed by atoms with Gasteiger partial charge >= 0.3 is 0 Å². The van der Waals surface area contributed by atoms with E-state index in [-0.39, 0.29) is 0 Å².